The molecule has 1 aromatic rings. The number of nitrogens with one attached hydrogen (secondary N) is 2. The highest BCUT2D eigenvalue weighted by Gasteiger charge is 2.65. The third kappa shape index (κ3) is 4.32. The summed E-state index contributed by atoms with van der Waals surface area (Å²) in [5.41, 5.74) is -4.08. The molecule has 6 nitrogen and oxygen atoms in total. The SMILES string of the molecule is CC(F)(F)C(C)(NC(=O)Nc1cccc(S(N)(=O)=O)c1)C(F)(F)F. The Kier molecular flexibility index (Phi) is 5.16. The smallest absolute Gasteiger partial charge is 0.319 e. The summed E-state index contributed by atoms with van der Waals surface area (Å²) in [6.07, 6.45) is -5.44. The van der Waals surface area contributed by atoms with Gasteiger partial charge in [-0.15, -0.1) is 0 Å². The number of alkyl halides is 5. The monoisotopic (exact) mass is 375 g/mol. The number of hydrogen-bond donors (Lipinski definition) is 3. The van der Waals surface area contributed by atoms with Crippen LogP contribution in [0.3, 0.4) is 0 Å². The number of halogens is 5. The third-order valence-electron chi connectivity index (χ3n) is 3.23. The van der Waals surface area contributed by atoms with Crippen molar-refractivity contribution in [2.24, 2.45) is 5.14 Å². The molecule has 0 fully saturated rings. The van der Waals surface area contributed by atoms with Gasteiger partial charge in [0.25, 0.3) is 5.92 Å². The van der Waals surface area contributed by atoms with E-state index in [-0.39, 0.29) is 19.5 Å². The molecule has 0 aliphatic rings. The number of nitrogens with two attached hydrogens (primary N) is 1. The van der Waals surface area contributed by atoms with Crippen molar-refractivity contribution >= 4 is 21.7 Å². The Hall–Kier alpha value is -1.95. The first-order chi connectivity index (χ1) is 10.6. The largest absolute Gasteiger partial charge is 0.417 e. The van der Waals surface area contributed by atoms with Crippen LogP contribution in [0.1, 0.15) is 13.8 Å². The molecular weight excluding hydrogens is 361 g/mol. The van der Waals surface area contributed by atoms with Gasteiger partial charge in [0.2, 0.25) is 10.0 Å². The molecular formula is C12H14F5N3O3S. The highest BCUT2D eigenvalue weighted by molar-refractivity contribution is 7.89. The normalized spacial score (nSPS) is 15.5. The van der Waals surface area contributed by atoms with Gasteiger partial charge in [-0.25, -0.2) is 27.1 Å². The summed E-state index contributed by atoms with van der Waals surface area (Å²) in [4.78, 5) is 11.2. The first-order valence-corrected chi connectivity index (χ1v) is 7.79. The molecule has 12 heteroatoms. The maximum atomic E-state index is 13.3. The molecule has 1 unspecified atom stereocenters. The summed E-state index contributed by atoms with van der Waals surface area (Å²) >= 11 is 0. The second-order valence-corrected chi connectivity index (χ2v) is 6.72. The molecule has 0 spiro atoms. The third-order valence-corrected chi connectivity index (χ3v) is 4.14. The summed E-state index contributed by atoms with van der Waals surface area (Å²) in [6, 6.07) is 2.65. The fraction of sp³-hybridized carbons (Fsp3) is 0.417. The van der Waals surface area contributed by atoms with Crippen LogP contribution >= 0.6 is 0 Å². The van der Waals surface area contributed by atoms with Gasteiger partial charge >= 0.3 is 12.2 Å². The van der Waals surface area contributed by atoms with Crippen molar-refractivity contribution in [3.63, 3.8) is 0 Å². The maximum Gasteiger partial charge on any atom is 0.417 e. The van der Waals surface area contributed by atoms with Crippen LogP contribution in [-0.4, -0.2) is 32.1 Å². The van der Waals surface area contributed by atoms with E-state index in [1.807, 2.05) is 5.32 Å². The zero-order valence-corrected chi connectivity index (χ0v) is 13.2. The molecule has 0 radical (unpaired) electrons. The second-order valence-electron chi connectivity index (χ2n) is 5.16. The Morgan fingerprint density at radius 3 is 2.08 bits per heavy atom. The van der Waals surface area contributed by atoms with E-state index in [0.717, 1.165) is 24.3 Å². The van der Waals surface area contributed by atoms with Gasteiger partial charge in [0.15, 0.2) is 5.54 Å². The zero-order valence-electron chi connectivity index (χ0n) is 12.4. The van der Waals surface area contributed by atoms with E-state index in [4.69, 9.17) is 5.14 Å². The molecule has 0 saturated heterocycles. The number of urea groups is 1. The lowest BCUT2D eigenvalue weighted by molar-refractivity contribution is -0.249. The average molecular weight is 375 g/mol. The molecule has 24 heavy (non-hydrogen) atoms. The van der Waals surface area contributed by atoms with Crippen molar-refractivity contribution in [3.8, 4) is 0 Å². The quantitative estimate of drug-likeness (QED) is 0.705. The van der Waals surface area contributed by atoms with E-state index in [9.17, 15) is 35.2 Å². The summed E-state index contributed by atoms with van der Waals surface area (Å²) in [6.45, 7) is 0.149. The number of hydrogen-bond acceptors (Lipinski definition) is 3. The average Bonchev–Trinajstić information content (AvgIpc) is 2.35. The van der Waals surface area contributed by atoms with Gasteiger partial charge in [-0.1, -0.05) is 6.07 Å². The molecule has 0 bridgehead atoms. The van der Waals surface area contributed by atoms with Crippen molar-refractivity contribution < 1.29 is 35.2 Å². The Bertz CT molecular complexity index is 714. The number of primary sulfonamides is 1. The number of benzene rings is 1. The van der Waals surface area contributed by atoms with Crippen molar-refractivity contribution in [2.45, 2.75) is 36.4 Å². The van der Waals surface area contributed by atoms with Gasteiger partial charge in [0.05, 0.1) is 4.90 Å². The summed E-state index contributed by atoms with van der Waals surface area (Å²) in [5.74, 6) is -4.31. The van der Waals surface area contributed by atoms with Crippen LogP contribution in [0.2, 0.25) is 0 Å². The van der Waals surface area contributed by atoms with E-state index >= 15 is 0 Å². The van der Waals surface area contributed by atoms with Crippen LogP contribution in [0.5, 0.6) is 0 Å². The van der Waals surface area contributed by atoms with Gasteiger partial charge in [-0.05, 0) is 25.1 Å². The predicted octanol–water partition coefficient (Wildman–Crippen LogP) is 2.43. The van der Waals surface area contributed by atoms with E-state index in [2.05, 4.69) is 0 Å². The number of carbonyl (C=O) groups is 1. The van der Waals surface area contributed by atoms with Gasteiger partial charge in [-0.2, -0.15) is 13.2 Å². The number of rotatable bonds is 4. The highest BCUT2D eigenvalue weighted by atomic mass is 32.2. The number of anilines is 1. The Balaban J connectivity index is 3.04. The maximum absolute atomic E-state index is 13.3. The van der Waals surface area contributed by atoms with Crippen LogP contribution in [0.25, 0.3) is 0 Å². The van der Waals surface area contributed by atoms with Gasteiger partial charge in [0.1, 0.15) is 0 Å². The Labute approximate surface area is 134 Å². The van der Waals surface area contributed by atoms with Crippen molar-refractivity contribution in [2.75, 3.05) is 5.32 Å². The van der Waals surface area contributed by atoms with E-state index in [1.54, 1.807) is 0 Å². The first-order valence-electron chi connectivity index (χ1n) is 6.24. The molecule has 0 aliphatic heterocycles. The minimum Gasteiger partial charge on any atom is -0.319 e. The number of amides is 2. The number of sulfonamides is 1. The minimum absolute atomic E-state index is 0.0163. The lowest BCUT2D eigenvalue weighted by Gasteiger charge is -2.37. The van der Waals surface area contributed by atoms with E-state index in [0.29, 0.717) is 0 Å². The van der Waals surface area contributed by atoms with Gasteiger partial charge in [0, 0.05) is 12.6 Å². The van der Waals surface area contributed by atoms with E-state index < -0.39 is 38.6 Å². The summed E-state index contributed by atoms with van der Waals surface area (Å²) in [7, 11) is -4.11. The van der Waals surface area contributed by atoms with Gasteiger partial charge in [-0.3, -0.25) is 0 Å². The van der Waals surface area contributed by atoms with E-state index in [1.165, 1.54) is 5.32 Å². The van der Waals surface area contributed by atoms with Crippen molar-refractivity contribution in [1.29, 1.82) is 0 Å². The van der Waals surface area contributed by atoms with Crippen LogP contribution < -0.4 is 15.8 Å². The second kappa shape index (κ2) is 6.16. The number of carbonyl (C=O) groups excluding carboxylic acids is 1. The molecule has 4 N–H and O–H groups in total. The van der Waals surface area contributed by atoms with Crippen molar-refractivity contribution in [3.05, 3.63) is 24.3 Å². The standard InChI is InChI=1S/C12H14F5N3O3S/c1-10(11(2,13)14,12(15,16)17)20-9(21)19-7-4-3-5-8(6-7)24(18,22)23/h3-6H,1-2H3,(H2,18,22,23)(H2,19,20,21). The molecule has 0 aromatic heterocycles. The Morgan fingerprint density at radius 1 is 1.12 bits per heavy atom. The predicted molar refractivity (Wildman–Crippen MR) is 75.1 cm³/mol. The fourth-order valence-corrected chi connectivity index (χ4v) is 2.13. The van der Waals surface area contributed by atoms with Crippen LogP contribution in [0, 0.1) is 0 Å². The molecule has 1 atom stereocenters. The topological polar surface area (TPSA) is 101 Å². The Morgan fingerprint density at radius 2 is 1.67 bits per heavy atom. The molecule has 1 aromatic carbocycles. The fourth-order valence-electron chi connectivity index (χ4n) is 1.57. The summed E-state index contributed by atoms with van der Waals surface area (Å²) < 4.78 is 87.7. The molecule has 0 saturated carbocycles. The zero-order chi connectivity index (χ0) is 19.0. The van der Waals surface area contributed by atoms with Crippen LogP contribution in [-0.2, 0) is 10.0 Å². The lowest BCUT2D eigenvalue weighted by Crippen LogP contribution is -2.66. The molecule has 0 heterocycles. The lowest BCUT2D eigenvalue weighted by atomic mass is 9.94. The molecule has 1 rings (SSSR count). The summed E-state index contributed by atoms with van der Waals surface area (Å²) in [5, 5.41) is 7.89. The van der Waals surface area contributed by atoms with Crippen LogP contribution in [0.15, 0.2) is 29.2 Å². The van der Waals surface area contributed by atoms with Gasteiger partial charge < -0.3 is 10.6 Å². The highest BCUT2D eigenvalue weighted by Crippen LogP contribution is 2.41. The van der Waals surface area contributed by atoms with Crippen molar-refractivity contribution in [1.82, 2.24) is 5.32 Å². The molecule has 2 amide bonds. The van der Waals surface area contributed by atoms with Crippen LogP contribution in [0.4, 0.5) is 32.4 Å². The first kappa shape index (κ1) is 20.1. The molecule has 136 valence electrons. The molecule has 0 aliphatic carbocycles. The minimum atomic E-state index is -5.44.